The van der Waals surface area contributed by atoms with Gasteiger partial charge < -0.3 is 25.1 Å². The Morgan fingerprint density at radius 2 is 1.79 bits per heavy atom. The molecule has 0 bridgehead atoms. The van der Waals surface area contributed by atoms with Crippen LogP contribution in [0.1, 0.15) is 38.8 Å². The second kappa shape index (κ2) is 9.44. The molecule has 1 aliphatic heterocycles. The summed E-state index contributed by atoms with van der Waals surface area (Å²) in [5.41, 5.74) is 8.26. The van der Waals surface area contributed by atoms with Gasteiger partial charge in [0.25, 0.3) is 0 Å². The topological polar surface area (TPSA) is 109 Å². The first-order valence-corrected chi connectivity index (χ1v) is 11.2. The number of carbonyl (C=O) groups is 1. The first kappa shape index (κ1) is 23.7. The smallest absolute Gasteiger partial charge is 0.445 e. The number of nitrogens with two attached hydrogens (primary N) is 1. The van der Waals surface area contributed by atoms with Gasteiger partial charge in [0.1, 0.15) is 18.8 Å². The third-order valence-corrected chi connectivity index (χ3v) is 6.25. The summed E-state index contributed by atoms with van der Waals surface area (Å²) in [5.74, 6) is 0.403. The summed E-state index contributed by atoms with van der Waals surface area (Å²) in [4.78, 5) is 20.7. The summed E-state index contributed by atoms with van der Waals surface area (Å²) >= 11 is 0. The molecule has 8 nitrogen and oxygen atoms in total. The van der Waals surface area contributed by atoms with E-state index in [9.17, 15) is 4.79 Å². The molecule has 0 atom stereocenters. The Hall–Kier alpha value is -3.43. The standard InChI is InChI=1S/C25H29BN4O4/c1-24(2)25(3,4)34-26(33-24)19(14-28-23(31)32-15-17-8-6-5-7-9-17)12-18-10-11-21-20(13-18)22(27)30-16-29-21/h5-13,16H,14-15H2,1-4H3,(H,28,31)(H2,27,29,30). The number of alkyl carbamates (subject to hydrolysis) is 1. The summed E-state index contributed by atoms with van der Waals surface area (Å²) in [6.07, 6.45) is 2.84. The highest BCUT2D eigenvalue weighted by Gasteiger charge is 2.52. The Labute approximate surface area is 199 Å². The van der Waals surface area contributed by atoms with Crippen molar-refractivity contribution in [3.05, 3.63) is 71.5 Å². The largest absolute Gasteiger partial charge is 0.492 e. The minimum Gasteiger partial charge on any atom is -0.445 e. The van der Waals surface area contributed by atoms with Gasteiger partial charge in [-0.2, -0.15) is 0 Å². The number of carbonyl (C=O) groups excluding carboxylic acids is 1. The zero-order valence-corrected chi connectivity index (χ0v) is 19.9. The number of nitrogens with one attached hydrogen (secondary N) is 1. The molecule has 4 rings (SSSR count). The Morgan fingerprint density at radius 1 is 1.09 bits per heavy atom. The van der Waals surface area contributed by atoms with Gasteiger partial charge in [-0.1, -0.05) is 42.5 Å². The van der Waals surface area contributed by atoms with Crippen LogP contribution in [0.2, 0.25) is 0 Å². The lowest BCUT2D eigenvalue weighted by Crippen LogP contribution is -2.41. The molecule has 2 aromatic carbocycles. The molecule has 0 spiro atoms. The minimum absolute atomic E-state index is 0.184. The molecular formula is C25H29BN4O4. The molecular weight excluding hydrogens is 431 g/mol. The van der Waals surface area contributed by atoms with E-state index in [1.807, 2.05) is 82.3 Å². The van der Waals surface area contributed by atoms with Crippen LogP contribution in [-0.4, -0.2) is 40.9 Å². The lowest BCUT2D eigenvalue weighted by molar-refractivity contribution is 0.00578. The van der Waals surface area contributed by atoms with Gasteiger partial charge >= 0.3 is 13.2 Å². The molecule has 0 radical (unpaired) electrons. The Morgan fingerprint density at radius 3 is 2.50 bits per heavy atom. The summed E-state index contributed by atoms with van der Waals surface area (Å²) in [5, 5.41) is 3.56. The molecule has 3 aromatic rings. The summed E-state index contributed by atoms with van der Waals surface area (Å²) in [7, 11) is -0.639. The van der Waals surface area contributed by atoms with E-state index in [-0.39, 0.29) is 13.2 Å². The normalized spacial score (nSPS) is 17.1. The van der Waals surface area contributed by atoms with Gasteiger partial charge in [0, 0.05) is 11.9 Å². The first-order valence-electron chi connectivity index (χ1n) is 11.2. The van der Waals surface area contributed by atoms with E-state index in [0.717, 1.165) is 27.5 Å². The second-order valence-corrected chi connectivity index (χ2v) is 9.26. The van der Waals surface area contributed by atoms with E-state index in [2.05, 4.69) is 15.3 Å². The number of hydrogen-bond donors (Lipinski definition) is 2. The molecule has 1 amide bonds. The zero-order valence-electron chi connectivity index (χ0n) is 19.9. The van der Waals surface area contributed by atoms with E-state index in [1.54, 1.807) is 0 Å². The molecule has 0 aliphatic carbocycles. The third-order valence-electron chi connectivity index (χ3n) is 6.25. The quantitative estimate of drug-likeness (QED) is 0.532. The number of benzene rings is 2. The Kier molecular flexibility index (Phi) is 6.59. The Bertz CT molecular complexity index is 1200. The molecule has 176 valence electrons. The van der Waals surface area contributed by atoms with Crippen molar-refractivity contribution in [1.29, 1.82) is 0 Å². The lowest BCUT2D eigenvalue weighted by Gasteiger charge is -2.32. The van der Waals surface area contributed by atoms with Crippen LogP contribution >= 0.6 is 0 Å². The maximum Gasteiger partial charge on any atom is 0.492 e. The number of ether oxygens (including phenoxy) is 1. The number of nitrogens with zero attached hydrogens (tertiary/aromatic N) is 2. The number of aromatic nitrogens is 2. The lowest BCUT2D eigenvalue weighted by atomic mass is 9.77. The molecule has 1 aliphatic rings. The van der Waals surface area contributed by atoms with Crippen molar-refractivity contribution in [2.75, 3.05) is 12.3 Å². The molecule has 34 heavy (non-hydrogen) atoms. The molecule has 1 fully saturated rings. The Balaban J connectivity index is 1.55. The van der Waals surface area contributed by atoms with Crippen LogP contribution in [-0.2, 0) is 20.7 Å². The minimum atomic E-state index is -0.639. The highest BCUT2D eigenvalue weighted by atomic mass is 16.7. The number of nitrogen functional groups attached to an aromatic ring is 1. The summed E-state index contributed by atoms with van der Waals surface area (Å²) in [6.45, 7) is 8.32. The summed E-state index contributed by atoms with van der Waals surface area (Å²) < 4.78 is 17.8. The van der Waals surface area contributed by atoms with Gasteiger partial charge in [-0.15, -0.1) is 0 Å². The average molecular weight is 460 g/mol. The molecule has 1 aromatic heterocycles. The van der Waals surface area contributed by atoms with Crippen molar-refractivity contribution >= 4 is 36.0 Å². The predicted molar refractivity (Wildman–Crippen MR) is 133 cm³/mol. The number of hydrogen-bond acceptors (Lipinski definition) is 7. The van der Waals surface area contributed by atoms with Crippen LogP contribution < -0.4 is 11.1 Å². The fraction of sp³-hybridized carbons (Fsp3) is 0.320. The molecule has 3 N–H and O–H groups in total. The number of fused-ring (bicyclic) bond motifs is 1. The molecule has 2 heterocycles. The van der Waals surface area contributed by atoms with Gasteiger partial charge in [0.15, 0.2) is 0 Å². The monoisotopic (exact) mass is 460 g/mol. The van der Waals surface area contributed by atoms with Crippen LogP contribution in [0.3, 0.4) is 0 Å². The van der Waals surface area contributed by atoms with E-state index in [0.29, 0.717) is 5.82 Å². The SMILES string of the molecule is CC1(C)OB(C(=Cc2ccc3ncnc(N)c3c2)CNC(=O)OCc2ccccc2)OC1(C)C. The second-order valence-electron chi connectivity index (χ2n) is 9.26. The van der Waals surface area contributed by atoms with Gasteiger partial charge in [-0.3, -0.25) is 0 Å². The number of anilines is 1. The van der Waals surface area contributed by atoms with Crippen LogP contribution in [0.5, 0.6) is 0 Å². The van der Waals surface area contributed by atoms with Crippen LogP contribution in [0, 0.1) is 0 Å². The van der Waals surface area contributed by atoms with Gasteiger partial charge in [-0.25, -0.2) is 14.8 Å². The van der Waals surface area contributed by atoms with Crippen molar-refractivity contribution in [2.24, 2.45) is 0 Å². The van der Waals surface area contributed by atoms with Crippen molar-refractivity contribution in [2.45, 2.75) is 45.5 Å². The van der Waals surface area contributed by atoms with Crippen molar-refractivity contribution in [1.82, 2.24) is 15.3 Å². The van der Waals surface area contributed by atoms with E-state index in [4.69, 9.17) is 19.8 Å². The number of amides is 1. The fourth-order valence-corrected chi connectivity index (χ4v) is 3.54. The maximum absolute atomic E-state index is 12.4. The number of rotatable bonds is 6. The van der Waals surface area contributed by atoms with E-state index >= 15 is 0 Å². The molecule has 1 saturated heterocycles. The highest BCUT2D eigenvalue weighted by molar-refractivity contribution is 6.56. The zero-order chi connectivity index (χ0) is 24.3. The van der Waals surface area contributed by atoms with Gasteiger partial charge in [0.2, 0.25) is 0 Å². The maximum atomic E-state index is 12.4. The molecule has 0 saturated carbocycles. The third kappa shape index (κ3) is 5.21. The average Bonchev–Trinajstić information content (AvgIpc) is 3.03. The van der Waals surface area contributed by atoms with Crippen molar-refractivity contribution in [3.8, 4) is 0 Å². The van der Waals surface area contributed by atoms with Crippen molar-refractivity contribution < 1.29 is 18.8 Å². The molecule has 9 heteroatoms. The van der Waals surface area contributed by atoms with Crippen LogP contribution in [0.15, 0.2) is 60.3 Å². The fourth-order valence-electron chi connectivity index (χ4n) is 3.54. The van der Waals surface area contributed by atoms with E-state index in [1.165, 1.54) is 6.33 Å². The molecule has 0 unspecified atom stereocenters. The summed E-state index contributed by atoms with van der Waals surface area (Å²) in [6, 6.07) is 15.2. The van der Waals surface area contributed by atoms with Crippen molar-refractivity contribution in [3.63, 3.8) is 0 Å². The highest BCUT2D eigenvalue weighted by Crippen LogP contribution is 2.38. The predicted octanol–water partition coefficient (Wildman–Crippen LogP) is 4.15. The van der Waals surface area contributed by atoms with Gasteiger partial charge in [0.05, 0.1) is 16.7 Å². The van der Waals surface area contributed by atoms with Gasteiger partial charge in [-0.05, 0) is 56.4 Å². The van der Waals surface area contributed by atoms with Crippen LogP contribution in [0.4, 0.5) is 10.6 Å². The van der Waals surface area contributed by atoms with Crippen LogP contribution in [0.25, 0.3) is 17.0 Å². The van der Waals surface area contributed by atoms with E-state index < -0.39 is 24.4 Å². The first-order chi connectivity index (χ1) is 16.1.